The number of methoxy groups -OCH3 is 2. The van der Waals surface area contributed by atoms with Crippen LogP contribution in [0.4, 0.5) is 0 Å². The summed E-state index contributed by atoms with van der Waals surface area (Å²) >= 11 is 0. The van der Waals surface area contributed by atoms with Crippen molar-refractivity contribution in [2.45, 2.75) is 19.3 Å². The summed E-state index contributed by atoms with van der Waals surface area (Å²) in [5.41, 5.74) is 4.60. The van der Waals surface area contributed by atoms with Crippen LogP contribution in [-0.4, -0.2) is 20.5 Å². The number of nitrogens with one attached hydrogen (secondary N) is 1. The third-order valence-electron chi connectivity index (χ3n) is 2.98. The van der Waals surface area contributed by atoms with Crippen LogP contribution in [0.15, 0.2) is 28.7 Å². The van der Waals surface area contributed by atoms with Gasteiger partial charge in [0.25, 0.3) is 0 Å². The van der Waals surface area contributed by atoms with Gasteiger partial charge in [-0.15, -0.1) is 0 Å². The van der Waals surface area contributed by atoms with Gasteiger partial charge in [0.1, 0.15) is 17.4 Å². The molecule has 2 aromatic rings. The van der Waals surface area contributed by atoms with Crippen LogP contribution >= 0.6 is 0 Å². The van der Waals surface area contributed by atoms with Crippen LogP contribution in [0, 0.1) is 6.92 Å². The zero-order chi connectivity index (χ0) is 13.1. The quantitative estimate of drug-likeness (QED) is 0.481. The Bertz CT molecular complexity index is 520. The molecule has 0 radical (unpaired) electrons. The van der Waals surface area contributed by atoms with Gasteiger partial charge < -0.3 is 13.9 Å². The molecular weight excluding hydrogens is 232 g/mol. The molecule has 98 valence electrons. The molecular formula is C13H18N2O3. The van der Waals surface area contributed by atoms with Crippen LogP contribution in [0.1, 0.15) is 17.4 Å². The second-order valence-electron chi connectivity index (χ2n) is 4.13. The SMILES string of the molecule is COC(OC)C(NN)c1cc2cccc(C)c2o1. The highest BCUT2D eigenvalue weighted by Gasteiger charge is 2.25. The number of fused-ring (bicyclic) bond motifs is 1. The van der Waals surface area contributed by atoms with Gasteiger partial charge in [0.05, 0.1) is 0 Å². The maximum absolute atomic E-state index is 5.83. The Morgan fingerprint density at radius 1 is 1.28 bits per heavy atom. The van der Waals surface area contributed by atoms with E-state index in [4.69, 9.17) is 19.7 Å². The summed E-state index contributed by atoms with van der Waals surface area (Å²) in [6, 6.07) is 7.58. The fourth-order valence-corrected chi connectivity index (χ4v) is 2.05. The largest absolute Gasteiger partial charge is 0.459 e. The molecule has 1 atom stereocenters. The Morgan fingerprint density at radius 3 is 2.56 bits per heavy atom. The van der Waals surface area contributed by atoms with Crippen molar-refractivity contribution in [2.75, 3.05) is 14.2 Å². The molecule has 1 heterocycles. The fourth-order valence-electron chi connectivity index (χ4n) is 2.05. The van der Waals surface area contributed by atoms with Gasteiger partial charge in [-0.1, -0.05) is 18.2 Å². The number of rotatable bonds is 5. The Morgan fingerprint density at radius 2 is 2.00 bits per heavy atom. The lowest BCUT2D eigenvalue weighted by Crippen LogP contribution is -2.38. The van der Waals surface area contributed by atoms with Gasteiger partial charge in [-0.25, -0.2) is 5.43 Å². The highest BCUT2D eigenvalue weighted by atomic mass is 16.7. The Labute approximate surface area is 106 Å². The molecule has 0 bridgehead atoms. The number of hydrogen-bond donors (Lipinski definition) is 2. The smallest absolute Gasteiger partial charge is 0.180 e. The van der Waals surface area contributed by atoms with Crippen molar-refractivity contribution in [1.82, 2.24) is 5.43 Å². The summed E-state index contributed by atoms with van der Waals surface area (Å²) in [6.07, 6.45) is -0.504. The van der Waals surface area contributed by atoms with E-state index in [1.807, 2.05) is 31.2 Å². The van der Waals surface area contributed by atoms with Crippen LogP contribution in [0.3, 0.4) is 0 Å². The molecule has 5 heteroatoms. The zero-order valence-electron chi connectivity index (χ0n) is 10.8. The summed E-state index contributed by atoms with van der Waals surface area (Å²) in [4.78, 5) is 0. The summed E-state index contributed by atoms with van der Waals surface area (Å²) in [5.74, 6) is 6.24. The van der Waals surface area contributed by atoms with E-state index in [1.165, 1.54) is 0 Å². The maximum atomic E-state index is 5.83. The molecule has 1 aromatic heterocycles. The van der Waals surface area contributed by atoms with Crippen LogP contribution in [0.5, 0.6) is 0 Å². The Kier molecular flexibility index (Phi) is 3.98. The van der Waals surface area contributed by atoms with Gasteiger partial charge in [-0.05, 0) is 18.6 Å². The highest BCUT2D eigenvalue weighted by Crippen LogP contribution is 2.28. The standard InChI is InChI=1S/C13H18N2O3/c1-8-5-4-6-9-7-10(18-12(8)9)11(15-14)13(16-2)17-3/h4-7,11,13,15H,14H2,1-3H3. The van der Waals surface area contributed by atoms with Crippen molar-refractivity contribution in [3.63, 3.8) is 0 Å². The summed E-state index contributed by atoms with van der Waals surface area (Å²) in [5, 5.41) is 1.04. The van der Waals surface area contributed by atoms with E-state index >= 15 is 0 Å². The van der Waals surface area contributed by atoms with Crippen LogP contribution in [-0.2, 0) is 9.47 Å². The molecule has 0 aliphatic heterocycles. The number of hydrogen-bond acceptors (Lipinski definition) is 5. The topological polar surface area (TPSA) is 69.7 Å². The zero-order valence-corrected chi connectivity index (χ0v) is 10.8. The van der Waals surface area contributed by atoms with Crippen molar-refractivity contribution in [1.29, 1.82) is 0 Å². The van der Waals surface area contributed by atoms with Crippen molar-refractivity contribution in [3.8, 4) is 0 Å². The van der Waals surface area contributed by atoms with Crippen molar-refractivity contribution >= 4 is 11.0 Å². The lowest BCUT2D eigenvalue weighted by atomic mass is 10.1. The molecule has 1 unspecified atom stereocenters. The lowest BCUT2D eigenvalue weighted by Gasteiger charge is -2.21. The van der Waals surface area contributed by atoms with Crippen molar-refractivity contribution in [3.05, 3.63) is 35.6 Å². The first-order chi connectivity index (χ1) is 8.71. The summed E-state index contributed by atoms with van der Waals surface area (Å²) < 4.78 is 16.3. The monoisotopic (exact) mass is 250 g/mol. The molecule has 0 spiro atoms. The molecule has 3 N–H and O–H groups in total. The predicted molar refractivity (Wildman–Crippen MR) is 68.8 cm³/mol. The molecule has 1 aromatic carbocycles. The van der Waals surface area contributed by atoms with Gasteiger partial charge in [-0.3, -0.25) is 5.84 Å². The third-order valence-corrected chi connectivity index (χ3v) is 2.98. The van der Waals surface area contributed by atoms with Gasteiger partial charge in [-0.2, -0.15) is 0 Å². The minimum atomic E-state index is -0.504. The molecule has 0 fully saturated rings. The molecule has 0 amide bonds. The summed E-state index contributed by atoms with van der Waals surface area (Å²) in [7, 11) is 3.12. The number of hydrazine groups is 1. The Hall–Kier alpha value is -1.40. The second kappa shape index (κ2) is 5.49. The molecule has 2 rings (SSSR count). The summed E-state index contributed by atoms with van der Waals surface area (Å²) in [6.45, 7) is 2.00. The number of ether oxygens (including phenoxy) is 2. The van der Waals surface area contributed by atoms with E-state index in [0.717, 1.165) is 16.5 Å². The first-order valence-electron chi connectivity index (χ1n) is 5.72. The van der Waals surface area contributed by atoms with Crippen molar-refractivity contribution in [2.24, 2.45) is 5.84 Å². The molecule has 5 nitrogen and oxygen atoms in total. The normalized spacial score (nSPS) is 13.4. The molecule has 0 aliphatic rings. The van der Waals surface area contributed by atoms with Gasteiger partial charge in [0.2, 0.25) is 0 Å². The van der Waals surface area contributed by atoms with E-state index in [1.54, 1.807) is 14.2 Å². The average molecular weight is 250 g/mol. The van der Waals surface area contributed by atoms with Gasteiger partial charge in [0.15, 0.2) is 6.29 Å². The van der Waals surface area contributed by atoms with Crippen LogP contribution < -0.4 is 11.3 Å². The van der Waals surface area contributed by atoms with E-state index in [0.29, 0.717) is 5.76 Å². The van der Waals surface area contributed by atoms with Crippen LogP contribution in [0.2, 0.25) is 0 Å². The molecule has 0 aliphatic carbocycles. The minimum absolute atomic E-state index is 0.355. The van der Waals surface area contributed by atoms with Crippen LogP contribution in [0.25, 0.3) is 11.0 Å². The number of benzene rings is 1. The van der Waals surface area contributed by atoms with Gasteiger partial charge >= 0.3 is 0 Å². The molecule has 18 heavy (non-hydrogen) atoms. The highest BCUT2D eigenvalue weighted by molar-refractivity contribution is 5.81. The first-order valence-corrected chi connectivity index (χ1v) is 5.72. The average Bonchev–Trinajstić information content (AvgIpc) is 2.80. The number of nitrogens with two attached hydrogens (primary N) is 1. The maximum Gasteiger partial charge on any atom is 0.180 e. The lowest BCUT2D eigenvalue weighted by molar-refractivity contribution is -0.127. The van der Waals surface area contributed by atoms with E-state index < -0.39 is 6.29 Å². The number of aryl methyl sites for hydroxylation is 1. The number of para-hydroxylation sites is 1. The van der Waals surface area contributed by atoms with Gasteiger partial charge in [0, 0.05) is 19.6 Å². The Balaban J connectivity index is 2.42. The first kappa shape index (κ1) is 13.0. The number of furan rings is 1. The second-order valence-corrected chi connectivity index (χ2v) is 4.13. The van der Waals surface area contributed by atoms with E-state index in [-0.39, 0.29) is 6.04 Å². The van der Waals surface area contributed by atoms with E-state index in [2.05, 4.69) is 5.43 Å². The minimum Gasteiger partial charge on any atom is -0.459 e. The molecule has 0 saturated heterocycles. The van der Waals surface area contributed by atoms with E-state index in [9.17, 15) is 0 Å². The molecule has 0 saturated carbocycles. The predicted octanol–water partition coefficient (Wildman–Crippen LogP) is 1.86. The van der Waals surface area contributed by atoms with Crippen molar-refractivity contribution < 1.29 is 13.9 Å². The fraction of sp³-hybridized carbons (Fsp3) is 0.385. The third kappa shape index (κ3) is 2.26.